The van der Waals surface area contributed by atoms with Crippen molar-refractivity contribution >= 4 is 0 Å². The van der Waals surface area contributed by atoms with Gasteiger partial charge in [-0.2, -0.15) is 0 Å². The Morgan fingerprint density at radius 1 is 1.24 bits per heavy atom. The first-order valence-electron chi connectivity index (χ1n) is 8.21. The maximum absolute atomic E-state index is 5.94. The van der Waals surface area contributed by atoms with Crippen LogP contribution < -0.4 is 10.1 Å². The van der Waals surface area contributed by atoms with Gasteiger partial charge in [0.1, 0.15) is 0 Å². The van der Waals surface area contributed by atoms with Gasteiger partial charge in [-0.3, -0.25) is 0 Å². The Balaban J connectivity index is 2.85. The van der Waals surface area contributed by atoms with Gasteiger partial charge in [-0.05, 0) is 30.5 Å². The van der Waals surface area contributed by atoms with Gasteiger partial charge in [0.15, 0.2) is 0 Å². The smallest absolute Gasteiger partial charge is 0.213 e. The van der Waals surface area contributed by atoms with Crippen LogP contribution in [0.3, 0.4) is 0 Å². The fourth-order valence-electron chi connectivity index (χ4n) is 2.19. The van der Waals surface area contributed by atoms with E-state index in [0.29, 0.717) is 5.92 Å². The van der Waals surface area contributed by atoms with Crippen LogP contribution >= 0.6 is 0 Å². The summed E-state index contributed by atoms with van der Waals surface area (Å²) in [4.78, 5) is 4.69. The number of hydrogen-bond acceptors (Lipinski definition) is 3. The molecule has 0 spiro atoms. The van der Waals surface area contributed by atoms with E-state index in [-0.39, 0.29) is 5.41 Å². The second-order valence-corrected chi connectivity index (χ2v) is 6.93. The number of ether oxygens (including phenoxy) is 1. The van der Waals surface area contributed by atoms with Gasteiger partial charge in [-0.15, -0.1) is 0 Å². The highest BCUT2D eigenvalue weighted by molar-refractivity contribution is 5.28. The van der Waals surface area contributed by atoms with E-state index in [4.69, 9.17) is 9.72 Å². The van der Waals surface area contributed by atoms with Gasteiger partial charge < -0.3 is 10.1 Å². The molecule has 0 aliphatic carbocycles. The zero-order valence-electron chi connectivity index (χ0n) is 14.6. The quantitative estimate of drug-likeness (QED) is 0.775. The molecule has 0 aromatic carbocycles. The summed E-state index contributed by atoms with van der Waals surface area (Å²) in [7, 11) is 0. The van der Waals surface area contributed by atoms with Crippen LogP contribution in [0.1, 0.15) is 65.6 Å². The van der Waals surface area contributed by atoms with Crippen LogP contribution in [0.4, 0.5) is 0 Å². The van der Waals surface area contributed by atoms with Crippen molar-refractivity contribution in [3.05, 3.63) is 23.4 Å². The third-order valence-corrected chi connectivity index (χ3v) is 3.51. The lowest BCUT2D eigenvalue weighted by Gasteiger charge is -2.20. The molecule has 0 bridgehead atoms. The molecule has 0 saturated carbocycles. The molecule has 0 fully saturated rings. The molecule has 21 heavy (non-hydrogen) atoms. The summed E-state index contributed by atoms with van der Waals surface area (Å²) in [6.45, 7) is 15.7. The monoisotopic (exact) mass is 292 g/mol. The normalized spacial score (nSPS) is 13.2. The first-order chi connectivity index (χ1) is 9.86. The molecule has 0 radical (unpaired) electrons. The third-order valence-electron chi connectivity index (χ3n) is 3.51. The van der Waals surface area contributed by atoms with Crippen molar-refractivity contribution in [1.82, 2.24) is 10.3 Å². The van der Waals surface area contributed by atoms with Crippen LogP contribution in [-0.2, 0) is 12.0 Å². The molecule has 0 saturated heterocycles. The van der Waals surface area contributed by atoms with E-state index in [0.717, 1.165) is 31.3 Å². The fraction of sp³-hybridized carbons (Fsp3) is 0.722. The molecule has 3 nitrogen and oxygen atoms in total. The fourth-order valence-corrected chi connectivity index (χ4v) is 2.19. The Morgan fingerprint density at radius 2 is 1.95 bits per heavy atom. The summed E-state index contributed by atoms with van der Waals surface area (Å²) in [6, 6.07) is 4.25. The molecule has 120 valence electrons. The van der Waals surface area contributed by atoms with Gasteiger partial charge in [0.2, 0.25) is 5.88 Å². The second kappa shape index (κ2) is 8.38. The van der Waals surface area contributed by atoms with Crippen molar-refractivity contribution in [2.75, 3.05) is 13.2 Å². The summed E-state index contributed by atoms with van der Waals surface area (Å²) < 4.78 is 5.94. The van der Waals surface area contributed by atoms with E-state index in [2.05, 4.69) is 59.0 Å². The van der Waals surface area contributed by atoms with Gasteiger partial charge in [0.25, 0.3) is 0 Å². The van der Waals surface area contributed by atoms with E-state index in [1.807, 2.05) is 0 Å². The van der Waals surface area contributed by atoms with E-state index in [1.165, 1.54) is 18.4 Å². The predicted octanol–water partition coefficient (Wildman–Crippen LogP) is 4.30. The molecule has 1 aromatic rings. The zero-order chi connectivity index (χ0) is 15.9. The number of rotatable bonds is 8. The van der Waals surface area contributed by atoms with E-state index in [1.54, 1.807) is 0 Å². The Labute approximate surface area is 130 Å². The van der Waals surface area contributed by atoms with E-state index < -0.39 is 0 Å². The minimum Gasteiger partial charge on any atom is -0.477 e. The Hall–Kier alpha value is -1.09. The Bertz CT molecular complexity index is 424. The molecule has 1 heterocycles. The molecular formula is C18H32N2O. The maximum atomic E-state index is 5.94. The molecule has 0 aliphatic rings. The van der Waals surface area contributed by atoms with Crippen LogP contribution in [0.15, 0.2) is 12.1 Å². The minimum absolute atomic E-state index is 0.0371. The van der Waals surface area contributed by atoms with Crippen molar-refractivity contribution in [3.8, 4) is 5.88 Å². The van der Waals surface area contributed by atoms with Crippen molar-refractivity contribution in [3.63, 3.8) is 0 Å². The van der Waals surface area contributed by atoms with Gasteiger partial charge in [0, 0.05) is 18.0 Å². The van der Waals surface area contributed by atoms with Crippen molar-refractivity contribution < 1.29 is 4.74 Å². The molecule has 0 aliphatic heterocycles. The highest BCUT2D eigenvalue weighted by atomic mass is 16.5. The predicted molar refractivity (Wildman–Crippen MR) is 89.9 cm³/mol. The molecular weight excluding hydrogens is 260 g/mol. The standard InChI is InChI=1S/C18H32N2O/c1-7-9-14(3)13-21-17-11-15(12-19-8-2)10-16(20-17)18(4,5)6/h10-11,14,19H,7-9,12-13H2,1-6H3. The molecule has 1 unspecified atom stereocenters. The molecule has 1 aromatic heterocycles. The summed E-state index contributed by atoms with van der Waals surface area (Å²) in [5.74, 6) is 1.34. The molecule has 1 atom stereocenters. The van der Waals surface area contributed by atoms with Crippen LogP contribution in [0.25, 0.3) is 0 Å². The SMILES string of the molecule is CCCC(C)COc1cc(CNCC)cc(C(C)(C)C)n1. The number of pyridine rings is 1. The van der Waals surface area contributed by atoms with Gasteiger partial charge in [-0.1, -0.05) is 48.0 Å². The van der Waals surface area contributed by atoms with Gasteiger partial charge in [0.05, 0.1) is 12.3 Å². The van der Waals surface area contributed by atoms with Gasteiger partial charge in [-0.25, -0.2) is 4.98 Å². The topological polar surface area (TPSA) is 34.1 Å². The minimum atomic E-state index is 0.0371. The Kier molecular flexibility index (Phi) is 7.16. The first-order valence-corrected chi connectivity index (χ1v) is 8.21. The van der Waals surface area contributed by atoms with Crippen LogP contribution in [0, 0.1) is 5.92 Å². The Morgan fingerprint density at radius 3 is 2.52 bits per heavy atom. The summed E-state index contributed by atoms with van der Waals surface area (Å²) in [6.07, 6.45) is 2.40. The number of aromatic nitrogens is 1. The average Bonchev–Trinajstić information content (AvgIpc) is 2.42. The molecule has 1 rings (SSSR count). The summed E-state index contributed by atoms with van der Waals surface area (Å²) >= 11 is 0. The number of hydrogen-bond donors (Lipinski definition) is 1. The maximum Gasteiger partial charge on any atom is 0.213 e. The number of nitrogens with zero attached hydrogens (tertiary/aromatic N) is 1. The molecule has 0 amide bonds. The van der Waals surface area contributed by atoms with E-state index in [9.17, 15) is 0 Å². The molecule has 1 N–H and O–H groups in total. The highest BCUT2D eigenvalue weighted by Crippen LogP contribution is 2.24. The first kappa shape index (κ1) is 18.0. The lowest BCUT2D eigenvalue weighted by Crippen LogP contribution is -2.18. The van der Waals surface area contributed by atoms with Crippen molar-refractivity contribution in [1.29, 1.82) is 0 Å². The molecule has 3 heteroatoms. The van der Waals surface area contributed by atoms with Crippen molar-refractivity contribution in [2.24, 2.45) is 5.92 Å². The van der Waals surface area contributed by atoms with E-state index >= 15 is 0 Å². The third kappa shape index (κ3) is 6.47. The van der Waals surface area contributed by atoms with Crippen LogP contribution in [0.2, 0.25) is 0 Å². The van der Waals surface area contributed by atoms with Crippen LogP contribution in [-0.4, -0.2) is 18.1 Å². The second-order valence-electron chi connectivity index (χ2n) is 6.93. The number of nitrogens with one attached hydrogen (secondary N) is 1. The van der Waals surface area contributed by atoms with Crippen LogP contribution in [0.5, 0.6) is 5.88 Å². The zero-order valence-corrected chi connectivity index (χ0v) is 14.6. The average molecular weight is 292 g/mol. The lowest BCUT2D eigenvalue weighted by molar-refractivity contribution is 0.241. The summed E-state index contributed by atoms with van der Waals surface area (Å²) in [5.41, 5.74) is 2.38. The largest absolute Gasteiger partial charge is 0.477 e. The van der Waals surface area contributed by atoms with Crippen molar-refractivity contribution in [2.45, 2.75) is 66.3 Å². The lowest BCUT2D eigenvalue weighted by atomic mass is 9.91. The highest BCUT2D eigenvalue weighted by Gasteiger charge is 2.18. The van der Waals surface area contributed by atoms with Gasteiger partial charge >= 0.3 is 0 Å². The summed E-state index contributed by atoms with van der Waals surface area (Å²) in [5, 5.41) is 3.37.